The lowest BCUT2D eigenvalue weighted by molar-refractivity contribution is 0.665. The van der Waals surface area contributed by atoms with Gasteiger partial charge in [0.15, 0.2) is 0 Å². The fourth-order valence-electron chi connectivity index (χ4n) is 9.72. The zero-order chi connectivity index (χ0) is 36.4. The Labute approximate surface area is 323 Å². The Morgan fingerprint density at radius 1 is 0.618 bits per heavy atom. The zero-order valence-electron chi connectivity index (χ0n) is 30.5. The van der Waals surface area contributed by atoms with Crippen molar-refractivity contribution in [3.63, 3.8) is 0 Å². The number of nitrogens with one attached hydrogen (secondary N) is 1. The molecule has 1 N–H and O–H groups in total. The van der Waals surface area contributed by atoms with E-state index in [1.807, 2.05) is 11.8 Å². The maximum absolute atomic E-state index is 5.44. The maximum atomic E-state index is 5.44. The molecular formula is C51H35N3S. The lowest BCUT2D eigenvalue weighted by atomic mass is 9.79. The van der Waals surface area contributed by atoms with Crippen molar-refractivity contribution in [2.45, 2.75) is 30.2 Å². The molecule has 3 heterocycles. The fourth-order valence-corrected chi connectivity index (χ4v) is 11.0. The molecule has 0 spiro atoms. The molecule has 9 aromatic rings. The number of aromatic nitrogens is 1. The minimum atomic E-state index is -0.271. The first-order valence-electron chi connectivity index (χ1n) is 19.1. The normalized spacial score (nSPS) is 16.6. The summed E-state index contributed by atoms with van der Waals surface area (Å²) in [5.74, 6) is 0.913. The van der Waals surface area contributed by atoms with Crippen LogP contribution in [-0.4, -0.2) is 10.4 Å². The molecule has 0 radical (unpaired) electrons. The van der Waals surface area contributed by atoms with Crippen LogP contribution in [0.4, 0.5) is 0 Å². The van der Waals surface area contributed by atoms with Gasteiger partial charge in [-0.15, -0.1) is 0 Å². The molecular weight excluding hydrogens is 687 g/mol. The Bertz CT molecular complexity index is 3180. The number of aliphatic imine (C=N–C) groups is 1. The van der Waals surface area contributed by atoms with Gasteiger partial charge in [0.1, 0.15) is 5.84 Å². The van der Waals surface area contributed by atoms with Crippen molar-refractivity contribution in [2.75, 3.05) is 0 Å². The third-order valence-corrected chi connectivity index (χ3v) is 13.4. The first kappa shape index (κ1) is 31.0. The van der Waals surface area contributed by atoms with E-state index in [1.165, 1.54) is 86.7 Å². The van der Waals surface area contributed by atoms with Crippen molar-refractivity contribution in [3.8, 4) is 16.8 Å². The highest BCUT2D eigenvalue weighted by atomic mass is 32.2. The summed E-state index contributed by atoms with van der Waals surface area (Å²) < 4.78 is 2.56. The van der Waals surface area contributed by atoms with Crippen molar-refractivity contribution >= 4 is 66.6 Å². The first-order valence-corrected chi connectivity index (χ1v) is 19.9. The Morgan fingerprint density at radius 2 is 1.35 bits per heavy atom. The van der Waals surface area contributed by atoms with Gasteiger partial charge in [-0.3, -0.25) is 0 Å². The van der Waals surface area contributed by atoms with Crippen LogP contribution in [0.2, 0.25) is 0 Å². The zero-order valence-corrected chi connectivity index (χ0v) is 31.3. The van der Waals surface area contributed by atoms with Crippen LogP contribution in [-0.2, 0) is 5.41 Å². The summed E-state index contributed by atoms with van der Waals surface area (Å²) in [6, 6.07) is 60.3. The summed E-state index contributed by atoms with van der Waals surface area (Å²) in [7, 11) is 0. The van der Waals surface area contributed by atoms with Gasteiger partial charge in [-0.2, -0.15) is 0 Å². The number of hydrogen-bond acceptors (Lipinski definition) is 3. The van der Waals surface area contributed by atoms with Crippen LogP contribution in [0, 0.1) is 0 Å². The molecule has 0 saturated heterocycles. The van der Waals surface area contributed by atoms with Crippen LogP contribution in [0.25, 0.3) is 65.9 Å². The third kappa shape index (κ3) is 4.32. The summed E-state index contributed by atoms with van der Waals surface area (Å²) in [6.07, 6.45) is 0. The lowest BCUT2D eigenvalue weighted by Gasteiger charge is -2.27. The molecule has 3 nitrogen and oxygen atoms in total. The van der Waals surface area contributed by atoms with Gasteiger partial charge in [0.25, 0.3) is 0 Å². The molecule has 0 saturated carbocycles. The Morgan fingerprint density at radius 3 is 2.22 bits per heavy atom. The average Bonchev–Trinajstić information content (AvgIpc) is 3.86. The molecule has 55 heavy (non-hydrogen) atoms. The van der Waals surface area contributed by atoms with E-state index < -0.39 is 0 Å². The molecule has 1 aromatic heterocycles. The Hall–Kier alpha value is -6.36. The quantitative estimate of drug-likeness (QED) is 0.197. The van der Waals surface area contributed by atoms with Gasteiger partial charge in [0.2, 0.25) is 0 Å². The number of thioether (sulfide) groups is 1. The largest absolute Gasteiger partial charge is 0.358 e. The lowest BCUT2D eigenvalue weighted by Crippen LogP contribution is -2.32. The molecule has 1 atom stereocenters. The summed E-state index contributed by atoms with van der Waals surface area (Å²) >= 11 is 1.85. The van der Waals surface area contributed by atoms with E-state index in [1.54, 1.807) is 0 Å². The predicted molar refractivity (Wildman–Crippen MR) is 231 cm³/mol. The molecule has 8 aromatic carbocycles. The Balaban J connectivity index is 1.14. The maximum Gasteiger partial charge on any atom is 0.134 e. The van der Waals surface area contributed by atoms with Gasteiger partial charge in [-0.1, -0.05) is 165 Å². The van der Waals surface area contributed by atoms with Gasteiger partial charge in [0.05, 0.1) is 28.5 Å². The molecule has 260 valence electrons. The van der Waals surface area contributed by atoms with Crippen LogP contribution in [0.15, 0.2) is 179 Å². The number of rotatable bonds is 3. The smallest absolute Gasteiger partial charge is 0.134 e. The van der Waals surface area contributed by atoms with Crippen molar-refractivity contribution in [2.24, 2.45) is 4.99 Å². The second kappa shape index (κ2) is 11.3. The summed E-state index contributed by atoms with van der Waals surface area (Å²) in [5.41, 5.74) is 13.4. The van der Waals surface area contributed by atoms with Gasteiger partial charge in [-0.05, 0) is 62.7 Å². The highest BCUT2D eigenvalue weighted by Crippen LogP contribution is 2.57. The van der Waals surface area contributed by atoms with E-state index in [0.29, 0.717) is 0 Å². The number of benzene rings is 8. The molecule has 3 aliphatic rings. The first-order chi connectivity index (χ1) is 27.0. The number of para-hydroxylation sites is 1. The monoisotopic (exact) mass is 721 g/mol. The molecule has 0 fully saturated rings. The fraction of sp³-hybridized carbons (Fsp3) is 0.0784. The van der Waals surface area contributed by atoms with E-state index in [2.05, 4.69) is 188 Å². The third-order valence-electron chi connectivity index (χ3n) is 12.2. The highest BCUT2D eigenvalue weighted by Gasteiger charge is 2.41. The predicted octanol–water partition coefficient (Wildman–Crippen LogP) is 13.0. The topological polar surface area (TPSA) is 29.3 Å². The number of hydrogen-bond donors (Lipinski definition) is 1. The number of amidine groups is 1. The summed E-state index contributed by atoms with van der Waals surface area (Å²) in [4.78, 5) is 7.99. The van der Waals surface area contributed by atoms with E-state index in [0.717, 1.165) is 22.7 Å². The van der Waals surface area contributed by atoms with Crippen LogP contribution in [0.1, 0.15) is 47.7 Å². The molecule has 0 amide bonds. The van der Waals surface area contributed by atoms with Crippen LogP contribution >= 0.6 is 11.8 Å². The molecule has 1 aliphatic carbocycles. The molecule has 1 unspecified atom stereocenters. The van der Waals surface area contributed by atoms with E-state index in [9.17, 15) is 0 Å². The SMILES string of the molecule is CC1(C)c2cc(C3=C4Sc5ccccc5C4NC(c4ccccc4)=N3)ccc2-c2c(-n3c4ccccc4c4ccc5ccccc5c43)cc3ccccc3c21. The molecule has 2 aliphatic heterocycles. The van der Waals surface area contributed by atoms with Gasteiger partial charge in [-0.25, -0.2) is 4.99 Å². The van der Waals surface area contributed by atoms with Crippen LogP contribution in [0.5, 0.6) is 0 Å². The minimum Gasteiger partial charge on any atom is -0.358 e. The standard InChI is InChI=1S/C51H35N3S/c1-51(2)40-28-33(46-49-47(39-21-11-13-23-43(39)55-49)53-50(52-46)31-15-4-3-5-16-31)25-27-38(40)44-42(29-32-17-7-8-18-34(32)45(44)51)54-41-22-12-10-20-36(41)37-26-24-30-14-6-9-19-35(30)48(37)54/h3-29,47H,1-2H3,(H,52,53). The highest BCUT2D eigenvalue weighted by molar-refractivity contribution is 8.03. The molecule has 12 rings (SSSR count). The number of fused-ring (bicyclic) bond motifs is 13. The summed E-state index contributed by atoms with van der Waals surface area (Å²) in [6.45, 7) is 4.83. The van der Waals surface area contributed by atoms with Crippen LogP contribution < -0.4 is 5.32 Å². The van der Waals surface area contributed by atoms with E-state index in [4.69, 9.17) is 4.99 Å². The second-order valence-electron chi connectivity index (χ2n) is 15.5. The molecule has 0 bridgehead atoms. The van der Waals surface area contributed by atoms with E-state index in [-0.39, 0.29) is 11.5 Å². The van der Waals surface area contributed by atoms with E-state index >= 15 is 0 Å². The van der Waals surface area contributed by atoms with Gasteiger partial charge >= 0.3 is 0 Å². The van der Waals surface area contributed by atoms with Crippen molar-refractivity contribution in [3.05, 3.63) is 197 Å². The van der Waals surface area contributed by atoms with Crippen molar-refractivity contribution in [1.29, 1.82) is 0 Å². The Kier molecular flexibility index (Phi) is 6.39. The van der Waals surface area contributed by atoms with Gasteiger partial charge in [0, 0.05) is 48.1 Å². The number of nitrogens with zero attached hydrogens (tertiary/aromatic N) is 2. The van der Waals surface area contributed by atoms with Gasteiger partial charge < -0.3 is 9.88 Å². The second-order valence-corrected chi connectivity index (χ2v) is 16.6. The van der Waals surface area contributed by atoms with Crippen molar-refractivity contribution in [1.82, 2.24) is 9.88 Å². The summed E-state index contributed by atoms with van der Waals surface area (Å²) in [5, 5.41) is 11.5. The average molecular weight is 722 g/mol. The van der Waals surface area contributed by atoms with Crippen molar-refractivity contribution < 1.29 is 0 Å². The van der Waals surface area contributed by atoms with Crippen LogP contribution in [0.3, 0.4) is 0 Å². The molecule has 4 heteroatoms. The minimum absolute atomic E-state index is 0.0584.